The van der Waals surface area contributed by atoms with Gasteiger partial charge in [0.1, 0.15) is 17.5 Å². The average molecular weight is 459 g/mol. The number of hydrogen-bond donors (Lipinski definition) is 5. The van der Waals surface area contributed by atoms with E-state index in [1.165, 1.54) is 24.3 Å². The Hall–Kier alpha value is -3.83. The quantitative estimate of drug-likeness (QED) is 0.273. The molecular formula is C21H19F2N5O3S. The first-order valence-corrected chi connectivity index (χ1v) is 10.7. The third kappa shape index (κ3) is 5.86. The van der Waals surface area contributed by atoms with Crippen LogP contribution in [0.25, 0.3) is 0 Å². The van der Waals surface area contributed by atoms with E-state index >= 15 is 0 Å². The van der Waals surface area contributed by atoms with E-state index in [2.05, 4.69) is 15.4 Å². The number of nitrogen functional groups attached to an aromatic ring is 1. The molecule has 11 heteroatoms. The first-order valence-electron chi connectivity index (χ1n) is 9.20. The zero-order valence-electron chi connectivity index (χ0n) is 16.5. The topological polar surface area (TPSA) is 137 Å². The Morgan fingerprint density at radius 2 is 1.47 bits per heavy atom. The highest BCUT2D eigenvalue weighted by molar-refractivity contribution is 7.89. The summed E-state index contributed by atoms with van der Waals surface area (Å²) in [6.07, 6.45) is 0. The van der Waals surface area contributed by atoms with E-state index in [0.29, 0.717) is 23.0 Å². The molecule has 0 fully saturated rings. The number of benzene rings is 3. The van der Waals surface area contributed by atoms with Crippen molar-refractivity contribution in [3.05, 3.63) is 89.5 Å². The maximum Gasteiger partial charge on any atom is 0.323 e. The number of nitrogens with two attached hydrogens (primary N) is 1. The highest BCUT2D eigenvalue weighted by atomic mass is 32.2. The van der Waals surface area contributed by atoms with E-state index in [1.54, 1.807) is 24.3 Å². The molecule has 3 rings (SSSR count). The fourth-order valence-electron chi connectivity index (χ4n) is 2.67. The first-order chi connectivity index (χ1) is 15.1. The number of rotatable bonds is 7. The molecule has 166 valence electrons. The van der Waals surface area contributed by atoms with Crippen molar-refractivity contribution in [1.29, 1.82) is 5.41 Å². The Labute approximate surface area is 183 Å². The molecule has 8 nitrogen and oxygen atoms in total. The highest BCUT2D eigenvalue weighted by Crippen LogP contribution is 2.16. The molecule has 0 saturated heterocycles. The Kier molecular flexibility index (Phi) is 6.81. The van der Waals surface area contributed by atoms with Crippen molar-refractivity contribution < 1.29 is 22.0 Å². The summed E-state index contributed by atoms with van der Waals surface area (Å²) in [6, 6.07) is 14.0. The second-order valence-electron chi connectivity index (χ2n) is 6.65. The average Bonchev–Trinajstić information content (AvgIpc) is 2.74. The Bertz CT molecular complexity index is 1250. The summed E-state index contributed by atoms with van der Waals surface area (Å²) in [5.41, 5.74) is 6.71. The minimum absolute atomic E-state index is 0.00117. The Morgan fingerprint density at radius 3 is 2.00 bits per heavy atom. The summed E-state index contributed by atoms with van der Waals surface area (Å²) in [4.78, 5) is 12.0. The van der Waals surface area contributed by atoms with E-state index < -0.39 is 27.7 Å². The van der Waals surface area contributed by atoms with Gasteiger partial charge in [0.05, 0.1) is 4.90 Å². The van der Waals surface area contributed by atoms with Crippen molar-refractivity contribution in [2.24, 2.45) is 5.73 Å². The number of amidine groups is 1. The van der Waals surface area contributed by atoms with Gasteiger partial charge < -0.3 is 16.4 Å². The van der Waals surface area contributed by atoms with Crippen molar-refractivity contribution in [3.63, 3.8) is 0 Å². The van der Waals surface area contributed by atoms with Crippen molar-refractivity contribution in [2.75, 3.05) is 10.6 Å². The van der Waals surface area contributed by atoms with E-state index in [4.69, 9.17) is 11.1 Å². The van der Waals surface area contributed by atoms with Crippen molar-refractivity contribution in [3.8, 4) is 0 Å². The maximum atomic E-state index is 13.7. The molecule has 3 aromatic carbocycles. The molecule has 2 amide bonds. The molecule has 6 N–H and O–H groups in total. The zero-order valence-corrected chi connectivity index (χ0v) is 17.3. The van der Waals surface area contributed by atoms with Crippen LogP contribution in [0.3, 0.4) is 0 Å². The minimum Gasteiger partial charge on any atom is -0.384 e. The molecule has 0 aliphatic carbocycles. The Balaban J connectivity index is 1.59. The van der Waals surface area contributed by atoms with Crippen LogP contribution in [0.15, 0.2) is 71.6 Å². The molecular weight excluding hydrogens is 440 g/mol. The smallest absolute Gasteiger partial charge is 0.323 e. The molecule has 0 heterocycles. The van der Waals surface area contributed by atoms with Gasteiger partial charge in [0.2, 0.25) is 10.0 Å². The van der Waals surface area contributed by atoms with E-state index in [0.717, 1.165) is 12.1 Å². The lowest BCUT2D eigenvalue weighted by molar-refractivity contribution is 0.262. The normalized spacial score (nSPS) is 11.1. The maximum absolute atomic E-state index is 13.7. The molecule has 0 spiro atoms. The van der Waals surface area contributed by atoms with Crippen LogP contribution in [0.1, 0.15) is 11.1 Å². The molecule has 0 atom stereocenters. The Morgan fingerprint density at radius 1 is 0.906 bits per heavy atom. The van der Waals surface area contributed by atoms with Crippen LogP contribution in [0.5, 0.6) is 0 Å². The van der Waals surface area contributed by atoms with Crippen LogP contribution in [-0.4, -0.2) is 20.3 Å². The van der Waals surface area contributed by atoms with Crippen molar-refractivity contribution in [1.82, 2.24) is 4.72 Å². The molecule has 0 aliphatic rings. The van der Waals surface area contributed by atoms with Gasteiger partial charge in [0.25, 0.3) is 0 Å². The standard InChI is InChI=1S/C21H19F2N5O3S/c22-15-4-1-14(19(23)11-15)12-26-32(30,31)18-9-7-17(8-10-18)28-21(29)27-16-5-2-13(3-6-16)20(24)25/h1-11,26H,12H2,(H3,24,25)(H2,27,28,29). The molecule has 0 unspecified atom stereocenters. The van der Waals surface area contributed by atoms with Crippen molar-refractivity contribution >= 4 is 33.3 Å². The summed E-state index contributed by atoms with van der Waals surface area (Å²) >= 11 is 0. The summed E-state index contributed by atoms with van der Waals surface area (Å²) < 4.78 is 53.7. The predicted molar refractivity (Wildman–Crippen MR) is 117 cm³/mol. The van der Waals surface area contributed by atoms with E-state index in [-0.39, 0.29) is 22.8 Å². The largest absolute Gasteiger partial charge is 0.384 e. The number of carbonyl (C=O) groups excluding carboxylic acids is 1. The number of anilines is 2. The summed E-state index contributed by atoms with van der Waals surface area (Å²) in [7, 11) is -3.96. The van der Waals surface area contributed by atoms with Crippen LogP contribution in [0.4, 0.5) is 25.0 Å². The van der Waals surface area contributed by atoms with Gasteiger partial charge in [-0.15, -0.1) is 0 Å². The lowest BCUT2D eigenvalue weighted by atomic mass is 10.2. The van der Waals surface area contributed by atoms with Gasteiger partial charge >= 0.3 is 6.03 Å². The molecule has 32 heavy (non-hydrogen) atoms. The van der Waals surface area contributed by atoms with Crippen LogP contribution in [-0.2, 0) is 16.6 Å². The first kappa shape index (κ1) is 22.8. The summed E-state index contributed by atoms with van der Waals surface area (Å²) in [5, 5.41) is 12.5. The van der Waals surface area contributed by atoms with Crippen LogP contribution in [0, 0.1) is 17.0 Å². The third-order valence-electron chi connectivity index (χ3n) is 4.34. The van der Waals surface area contributed by atoms with E-state index in [9.17, 15) is 22.0 Å². The van der Waals surface area contributed by atoms with Crippen LogP contribution >= 0.6 is 0 Å². The summed E-state index contributed by atoms with van der Waals surface area (Å²) in [6.45, 7) is -0.348. The lowest BCUT2D eigenvalue weighted by Gasteiger charge is -2.10. The van der Waals surface area contributed by atoms with Gasteiger partial charge in [0.15, 0.2) is 0 Å². The van der Waals surface area contributed by atoms with Gasteiger partial charge in [0, 0.05) is 35.1 Å². The zero-order chi connectivity index (χ0) is 23.3. The molecule has 0 saturated carbocycles. The van der Waals surface area contributed by atoms with Gasteiger partial charge in [-0.25, -0.2) is 26.7 Å². The lowest BCUT2D eigenvalue weighted by Crippen LogP contribution is -2.24. The molecule has 0 aliphatic heterocycles. The molecule has 0 bridgehead atoms. The monoisotopic (exact) mass is 459 g/mol. The number of halogens is 2. The van der Waals surface area contributed by atoms with Crippen molar-refractivity contribution in [2.45, 2.75) is 11.4 Å². The number of nitrogens with one attached hydrogen (secondary N) is 4. The molecule has 3 aromatic rings. The van der Waals surface area contributed by atoms with E-state index in [1.807, 2.05) is 0 Å². The minimum atomic E-state index is -3.96. The SMILES string of the molecule is N=C(N)c1ccc(NC(=O)Nc2ccc(S(=O)(=O)NCc3ccc(F)cc3F)cc2)cc1. The van der Waals surface area contributed by atoms with Gasteiger partial charge in [-0.3, -0.25) is 5.41 Å². The van der Waals surface area contributed by atoms with Gasteiger partial charge in [-0.05, 0) is 54.6 Å². The molecule has 0 radical (unpaired) electrons. The second-order valence-corrected chi connectivity index (χ2v) is 8.42. The highest BCUT2D eigenvalue weighted by Gasteiger charge is 2.15. The number of sulfonamides is 1. The van der Waals surface area contributed by atoms with Gasteiger partial charge in [-0.2, -0.15) is 0 Å². The fourth-order valence-corrected chi connectivity index (χ4v) is 3.67. The third-order valence-corrected chi connectivity index (χ3v) is 5.76. The fraction of sp³-hybridized carbons (Fsp3) is 0.0476. The molecule has 0 aromatic heterocycles. The number of amides is 2. The second kappa shape index (κ2) is 9.54. The van der Waals surface area contributed by atoms with Gasteiger partial charge in [-0.1, -0.05) is 6.07 Å². The number of urea groups is 1. The predicted octanol–water partition coefficient (Wildman–Crippen LogP) is 3.37. The summed E-state index contributed by atoms with van der Waals surface area (Å²) in [5.74, 6) is -1.70. The van der Waals surface area contributed by atoms with Crippen LogP contribution in [0.2, 0.25) is 0 Å². The number of carbonyl (C=O) groups is 1. The van der Waals surface area contributed by atoms with Crippen LogP contribution < -0.4 is 21.1 Å². The number of hydrogen-bond acceptors (Lipinski definition) is 4.